The first-order valence-corrected chi connectivity index (χ1v) is 9.45. The highest BCUT2D eigenvalue weighted by atomic mass is 16.3. The van der Waals surface area contributed by atoms with E-state index in [1.54, 1.807) is 18.6 Å². The summed E-state index contributed by atoms with van der Waals surface area (Å²) in [5, 5.41) is 15.5. The lowest BCUT2D eigenvalue weighted by molar-refractivity contribution is 0.462. The normalized spacial score (nSPS) is 15.4. The van der Waals surface area contributed by atoms with Crippen LogP contribution in [0, 0.1) is 0 Å². The van der Waals surface area contributed by atoms with Gasteiger partial charge in [0.15, 0.2) is 0 Å². The fraction of sp³-hybridized carbons (Fsp3) is 0.286. The van der Waals surface area contributed by atoms with Gasteiger partial charge in [0.1, 0.15) is 23.5 Å². The van der Waals surface area contributed by atoms with Crippen LogP contribution in [0.4, 0.5) is 5.82 Å². The molecule has 3 N–H and O–H groups in total. The van der Waals surface area contributed by atoms with E-state index in [4.69, 9.17) is 0 Å². The van der Waals surface area contributed by atoms with E-state index in [1.165, 1.54) is 38.3 Å². The molecule has 27 heavy (non-hydrogen) atoms. The van der Waals surface area contributed by atoms with Crippen molar-refractivity contribution in [2.45, 2.75) is 38.1 Å². The van der Waals surface area contributed by atoms with Crippen LogP contribution in [0.25, 0.3) is 33.1 Å². The van der Waals surface area contributed by atoms with Gasteiger partial charge < -0.3 is 15.4 Å². The Morgan fingerprint density at radius 2 is 1.89 bits per heavy atom. The van der Waals surface area contributed by atoms with Gasteiger partial charge in [-0.05, 0) is 36.6 Å². The standard InChI is InChI=1S/C21H21N5O/c27-16-8-14(10-22-11-16)13-6-7-18-17(9-13)19-20(23-12-24-21(19)26-18)25-15-4-2-1-3-5-15/h6-12,15,27H,1-5H2,(H2,23,24,25,26). The largest absolute Gasteiger partial charge is 0.506 e. The average Bonchev–Trinajstić information content (AvgIpc) is 3.07. The smallest absolute Gasteiger partial charge is 0.143 e. The third kappa shape index (κ3) is 2.97. The number of nitrogens with zero attached hydrogens (tertiary/aromatic N) is 3. The fourth-order valence-electron chi connectivity index (χ4n) is 4.04. The molecule has 0 atom stereocenters. The summed E-state index contributed by atoms with van der Waals surface area (Å²) in [5.74, 6) is 1.05. The highest BCUT2D eigenvalue weighted by Crippen LogP contribution is 2.34. The monoisotopic (exact) mass is 359 g/mol. The molecule has 1 saturated carbocycles. The van der Waals surface area contributed by atoms with Crippen LogP contribution in [0.1, 0.15) is 32.1 Å². The number of H-pyrrole nitrogens is 1. The molecule has 0 bridgehead atoms. The zero-order valence-corrected chi connectivity index (χ0v) is 14.9. The van der Waals surface area contributed by atoms with Crippen LogP contribution in [-0.4, -0.2) is 31.1 Å². The lowest BCUT2D eigenvalue weighted by Crippen LogP contribution is -2.22. The molecule has 1 aliphatic rings. The Hall–Kier alpha value is -3.15. The number of anilines is 1. The zero-order valence-electron chi connectivity index (χ0n) is 14.9. The van der Waals surface area contributed by atoms with Gasteiger partial charge in [-0.1, -0.05) is 25.3 Å². The molecule has 0 radical (unpaired) electrons. The van der Waals surface area contributed by atoms with Gasteiger partial charge in [0.2, 0.25) is 0 Å². The van der Waals surface area contributed by atoms with Crippen LogP contribution >= 0.6 is 0 Å². The van der Waals surface area contributed by atoms with Gasteiger partial charge in [-0.3, -0.25) is 4.98 Å². The maximum absolute atomic E-state index is 9.75. The van der Waals surface area contributed by atoms with Crippen molar-refractivity contribution >= 4 is 27.8 Å². The van der Waals surface area contributed by atoms with Crippen molar-refractivity contribution in [1.82, 2.24) is 19.9 Å². The molecule has 5 rings (SSSR count). The Labute approximate surface area is 156 Å². The zero-order chi connectivity index (χ0) is 18.2. The van der Waals surface area contributed by atoms with E-state index in [0.29, 0.717) is 6.04 Å². The van der Waals surface area contributed by atoms with Crippen LogP contribution in [-0.2, 0) is 0 Å². The molecule has 4 aromatic rings. The number of aromatic amines is 1. The molecule has 0 saturated heterocycles. The first-order chi connectivity index (χ1) is 13.3. The van der Waals surface area contributed by atoms with Crippen LogP contribution < -0.4 is 5.32 Å². The Morgan fingerprint density at radius 3 is 2.74 bits per heavy atom. The van der Waals surface area contributed by atoms with Gasteiger partial charge in [0.05, 0.1) is 11.6 Å². The summed E-state index contributed by atoms with van der Waals surface area (Å²) in [6.07, 6.45) is 11.1. The van der Waals surface area contributed by atoms with Crippen molar-refractivity contribution in [3.63, 3.8) is 0 Å². The van der Waals surface area contributed by atoms with Gasteiger partial charge in [0.25, 0.3) is 0 Å². The second-order valence-corrected chi connectivity index (χ2v) is 7.24. The third-order valence-corrected chi connectivity index (χ3v) is 5.39. The number of aromatic hydroxyl groups is 1. The van der Waals surface area contributed by atoms with E-state index in [-0.39, 0.29) is 5.75 Å². The van der Waals surface area contributed by atoms with E-state index in [2.05, 4.69) is 31.3 Å². The number of rotatable bonds is 3. The Morgan fingerprint density at radius 1 is 1.00 bits per heavy atom. The number of nitrogens with one attached hydrogen (secondary N) is 2. The summed E-state index contributed by atoms with van der Waals surface area (Å²) in [4.78, 5) is 16.5. The van der Waals surface area contributed by atoms with Gasteiger partial charge >= 0.3 is 0 Å². The summed E-state index contributed by atoms with van der Waals surface area (Å²) >= 11 is 0. The van der Waals surface area contributed by atoms with Crippen molar-refractivity contribution in [3.05, 3.63) is 43.0 Å². The van der Waals surface area contributed by atoms with E-state index in [1.807, 2.05) is 12.1 Å². The molecule has 1 fully saturated rings. The van der Waals surface area contributed by atoms with Crippen molar-refractivity contribution in [3.8, 4) is 16.9 Å². The quantitative estimate of drug-likeness (QED) is 0.497. The van der Waals surface area contributed by atoms with Gasteiger partial charge in [-0.2, -0.15) is 0 Å². The maximum atomic E-state index is 9.75. The highest BCUT2D eigenvalue weighted by Gasteiger charge is 2.17. The minimum absolute atomic E-state index is 0.162. The fourth-order valence-corrected chi connectivity index (χ4v) is 4.04. The second kappa shape index (κ2) is 6.54. The molecule has 3 heterocycles. The molecule has 0 spiro atoms. The summed E-state index contributed by atoms with van der Waals surface area (Å²) in [5.41, 5.74) is 3.74. The molecular weight excluding hydrogens is 338 g/mol. The number of pyridine rings is 1. The summed E-state index contributed by atoms with van der Waals surface area (Å²) < 4.78 is 0. The number of hydrogen-bond acceptors (Lipinski definition) is 5. The predicted molar refractivity (Wildman–Crippen MR) is 107 cm³/mol. The van der Waals surface area contributed by atoms with Gasteiger partial charge in [-0.25, -0.2) is 9.97 Å². The minimum atomic E-state index is 0.162. The maximum Gasteiger partial charge on any atom is 0.143 e. The van der Waals surface area contributed by atoms with E-state index in [9.17, 15) is 5.11 Å². The molecule has 3 aromatic heterocycles. The van der Waals surface area contributed by atoms with Crippen LogP contribution in [0.2, 0.25) is 0 Å². The summed E-state index contributed by atoms with van der Waals surface area (Å²) in [7, 11) is 0. The number of benzene rings is 1. The van der Waals surface area contributed by atoms with Crippen LogP contribution in [0.15, 0.2) is 43.0 Å². The number of fused-ring (bicyclic) bond motifs is 3. The molecule has 136 valence electrons. The summed E-state index contributed by atoms with van der Waals surface area (Å²) in [6.45, 7) is 0. The molecule has 0 amide bonds. The second-order valence-electron chi connectivity index (χ2n) is 7.24. The highest BCUT2D eigenvalue weighted by molar-refractivity contribution is 6.12. The van der Waals surface area contributed by atoms with Crippen LogP contribution in [0.3, 0.4) is 0 Å². The molecule has 0 unspecified atom stereocenters. The van der Waals surface area contributed by atoms with E-state index < -0.39 is 0 Å². The lowest BCUT2D eigenvalue weighted by Gasteiger charge is -2.23. The SMILES string of the molecule is Oc1cncc(-c2ccc3[nH]c4ncnc(NC5CCCCC5)c4c3c2)c1. The Bertz CT molecular complexity index is 1110. The first kappa shape index (κ1) is 16.1. The average molecular weight is 359 g/mol. The van der Waals surface area contributed by atoms with E-state index >= 15 is 0 Å². The van der Waals surface area contributed by atoms with Crippen molar-refractivity contribution in [2.75, 3.05) is 5.32 Å². The lowest BCUT2D eigenvalue weighted by atomic mass is 9.95. The third-order valence-electron chi connectivity index (χ3n) is 5.39. The molecule has 0 aliphatic heterocycles. The van der Waals surface area contributed by atoms with Crippen molar-refractivity contribution in [2.24, 2.45) is 0 Å². The molecule has 6 heteroatoms. The topological polar surface area (TPSA) is 86.7 Å². The molecular formula is C21H21N5O. The van der Waals surface area contributed by atoms with Gasteiger partial charge in [-0.15, -0.1) is 0 Å². The molecule has 1 aromatic carbocycles. The molecule has 1 aliphatic carbocycles. The first-order valence-electron chi connectivity index (χ1n) is 9.45. The Kier molecular flexibility index (Phi) is 3.89. The van der Waals surface area contributed by atoms with E-state index in [0.717, 1.165) is 38.9 Å². The predicted octanol–water partition coefficient (Wildman–Crippen LogP) is 4.62. The number of hydrogen-bond donors (Lipinski definition) is 3. The van der Waals surface area contributed by atoms with Gasteiger partial charge in [0, 0.05) is 28.7 Å². The minimum Gasteiger partial charge on any atom is -0.506 e. The Balaban J connectivity index is 1.63. The van der Waals surface area contributed by atoms with Crippen molar-refractivity contribution in [1.29, 1.82) is 0 Å². The summed E-state index contributed by atoms with van der Waals surface area (Å²) in [6, 6.07) is 8.37. The number of aromatic nitrogens is 4. The van der Waals surface area contributed by atoms with Crippen LogP contribution in [0.5, 0.6) is 5.75 Å². The molecule has 6 nitrogen and oxygen atoms in total. The van der Waals surface area contributed by atoms with Crippen molar-refractivity contribution < 1.29 is 5.11 Å².